The van der Waals surface area contributed by atoms with Gasteiger partial charge in [-0.15, -0.1) is 0 Å². The van der Waals surface area contributed by atoms with Crippen LogP contribution >= 0.6 is 0 Å². The van der Waals surface area contributed by atoms with Crippen molar-refractivity contribution in [1.82, 2.24) is 45.4 Å². The third kappa shape index (κ3) is 12.0. The Morgan fingerprint density at radius 2 is 1.07 bits per heavy atom. The molecular weight excluding hydrogens is 915 g/mol. The van der Waals surface area contributed by atoms with E-state index in [1.54, 1.807) is 81.0 Å². The molecule has 368 valence electrons. The average Bonchev–Trinajstić information content (AvgIpc) is 4.25. The van der Waals surface area contributed by atoms with E-state index in [4.69, 9.17) is 33.7 Å². The standard InChI is InChI=1S/C26H26FN5O3.C16H20FN3O.C10H8N2O3/c1-17-29-23(31-35-17)19-4-3-5-20(14-19)24(33)28-16-26(10-12-32(2)13-11-26)22-15-34-25(30-22)18-6-8-21(27)9-7-18;1-20-8-6-16(11-18,7-9-20)14-10-21-15(19-14)12-2-4-13(17)5-3-12;1-6-11-9(12-15-6)7-3-2-4-8(5-7)10(13)14/h3-9,14-15H,10-13,16H2,1-2H3,(H,28,33);2-5,10H,6-9,11,18H2,1H3;2-5H,1H3,(H,13,14). The summed E-state index contributed by atoms with van der Waals surface area (Å²) < 4.78 is 47.5. The van der Waals surface area contributed by atoms with Gasteiger partial charge in [0, 0.05) is 65.6 Å². The Bertz CT molecular complexity index is 3040. The second-order valence-corrected chi connectivity index (χ2v) is 17.9. The number of benzene rings is 4. The quantitative estimate of drug-likeness (QED) is 0.111. The molecular formula is C52H54F2N10O7. The maximum atomic E-state index is 13.3. The topological polar surface area (TPSA) is 229 Å². The molecule has 2 aliphatic rings. The molecule has 6 heterocycles. The van der Waals surface area contributed by atoms with Crippen LogP contribution in [0, 0.1) is 25.5 Å². The Balaban J connectivity index is 0.000000159. The molecule has 0 atom stereocenters. The zero-order valence-corrected chi connectivity index (χ0v) is 39.8. The highest BCUT2D eigenvalue weighted by molar-refractivity contribution is 5.95. The maximum absolute atomic E-state index is 13.3. The predicted molar refractivity (Wildman–Crippen MR) is 258 cm³/mol. The Morgan fingerprint density at radius 1 is 0.634 bits per heavy atom. The second kappa shape index (κ2) is 21.9. The minimum Gasteiger partial charge on any atom is -0.478 e. The Labute approximate surface area is 408 Å². The fourth-order valence-corrected chi connectivity index (χ4v) is 8.44. The number of nitrogens with one attached hydrogen (secondary N) is 1. The molecule has 4 aromatic carbocycles. The summed E-state index contributed by atoms with van der Waals surface area (Å²) in [5, 5.41) is 19.5. The van der Waals surface area contributed by atoms with Crippen molar-refractivity contribution in [2.24, 2.45) is 5.73 Å². The molecule has 8 aromatic rings. The Hall–Kier alpha value is -7.74. The van der Waals surface area contributed by atoms with E-state index in [2.05, 4.69) is 54.5 Å². The number of amides is 1. The van der Waals surface area contributed by atoms with E-state index < -0.39 is 5.97 Å². The van der Waals surface area contributed by atoms with E-state index >= 15 is 0 Å². The number of aromatic carboxylic acids is 1. The SMILES string of the molecule is CN1CCC(CN)(c2coc(-c3ccc(F)cc3)n2)CC1.Cc1nc(-c2cccc(C(=O)NCC3(c4coc(-c5ccc(F)cc5)n4)CCN(C)CC3)c2)no1.Cc1nc(-c2cccc(C(=O)O)c2)no1. The van der Waals surface area contributed by atoms with Crippen LogP contribution in [0.5, 0.6) is 0 Å². The van der Waals surface area contributed by atoms with Gasteiger partial charge in [-0.3, -0.25) is 4.79 Å². The summed E-state index contributed by atoms with van der Waals surface area (Å²) in [6, 6.07) is 25.8. The first-order valence-corrected chi connectivity index (χ1v) is 23.1. The number of aromatic nitrogens is 6. The molecule has 0 radical (unpaired) electrons. The van der Waals surface area contributed by atoms with Crippen molar-refractivity contribution < 1.29 is 41.4 Å². The van der Waals surface area contributed by atoms with Crippen LogP contribution in [0.3, 0.4) is 0 Å². The molecule has 0 spiro atoms. The van der Waals surface area contributed by atoms with Crippen LogP contribution < -0.4 is 11.1 Å². The molecule has 1 amide bonds. The van der Waals surface area contributed by atoms with Crippen LogP contribution in [-0.4, -0.2) is 110 Å². The number of carboxylic acids is 1. The molecule has 0 bridgehead atoms. The summed E-state index contributed by atoms with van der Waals surface area (Å²) in [4.78, 5) is 46.0. The first kappa shape index (κ1) is 49.7. The first-order valence-electron chi connectivity index (χ1n) is 23.1. The number of hydrogen-bond acceptors (Lipinski definition) is 15. The first-order chi connectivity index (χ1) is 34.2. The third-order valence-electron chi connectivity index (χ3n) is 12.9. The molecule has 0 unspecified atom stereocenters. The molecule has 2 fully saturated rings. The van der Waals surface area contributed by atoms with Crippen molar-refractivity contribution in [3.63, 3.8) is 0 Å². The van der Waals surface area contributed by atoms with E-state index in [9.17, 15) is 18.4 Å². The largest absolute Gasteiger partial charge is 0.478 e. The van der Waals surface area contributed by atoms with Gasteiger partial charge in [0.25, 0.3) is 5.91 Å². The maximum Gasteiger partial charge on any atom is 0.335 e. The lowest BCUT2D eigenvalue weighted by atomic mass is 9.76. The number of carbonyl (C=O) groups excluding carboxylic acids is 1. The van der Waals surface area contributed by atoms with Gasteiger partial charge in [0.15, 0.2) is 0 Å². The predicted octanol–water partition coefficient (Wildman–Crippen LogP) is 8.38. The molecule has 2 saturated heterocycles. The highest BCUT2D eigenvalue weighted by Gasteiger charge is 2.39. The van der Waals surface area contributed by atoms with Crippen LogP contribution in [0.4, 0.5) is 8.78 Å². The molecule has 19 heteroatoms. The van der Waals surface area contributed by atoms with E-state index in [-0.39, 0.29) is 33.9 Å². The van der Waals surface area contributed by atoms with E-state index in [1.807, 2.05) is 6.07 Å². The number of nitrogens with two attached hydrogens (primary N) is 1. The number of oxazole rings is 2. The summed E-state index contributed by atoms with van der Waals surface area (Å²) >= 11 is 0. The average molecular weight is 969 g/mol. The zero-order chi connectivity index (χ0) is 50.1. The number of likely N-dealkylation sites (tertiary alicyclic amines) is 2. The van der Waals surface area contributed by atoms with E-state index in [0.717, 1.165) is 68.8 Å². The number of carbonyl (C=O) groups is 2. The number of halogens is 2. The third-order valence-corrected chi connectivity index (χ3v) is 12.9. The fourth-order valence-electron chi connectivity index (χ4n) is 8.44. The van der Waals surface area contributed by atoms with Crippen molar-refractivity contribution in [3.05, 3.63) is 156 Å². The Kier molecular flexibility index (Phi) is 15.3. The summed E-state index contributed by atoms with van der Waals surface area (Å²) in [5.41, 5.74) is 10.8. The normalized spacial score (nSPS) is 15.5. The molecule has 0 saturated carbocycles. The minimum absolute atomic E-state index is 0.103. The zero-order valence-electron chi connectivity index (χ0n) is 39.8. The summed E-state index contributed by atoms with van der Waals surface area (Å²) in [6.45, 7) is 8.16. The van der Waals surface area contributed by atoms with Crippen molar-refractivity contribution in [3.8, 4) is 45.7 Å². The number of hydrogen-bond donors (Lipinski definition) is 3. The molecule has 2 aliphatic heterocycles. The van der Waals surface area contributed by atoms with Gasteiger partial charge in [-0.25, -0.2) is 23.5 Å². The summed E-state index contributed by atoms with van der Waals surface area (Å²) in [6.07, 6.45) is 6.97. The second-order valence-electron chi connectivity index (χ2n) is 17.9. The van der Waals surface area contributed by atoms with Crippen molar-refractivity contribution >= 4 is 11.9 Å². The number of piperidine rings is 2. The van der Waals surface area contributed by atoms with Gasteiger partial charge < -0.3 is 43.8 Å². The lowest BCUT2D eigenvalue weighted by Crippen LogP contribution is -2.48. The number of rotatable bonds is 11. The van der Waals surface area contributed by atoms with Crippen molar-refractivity contribution in [2.45, 2.75) is 50.4 Å². The van der Waals surface area contributed by atoms with Gasteiger partial charge in [0.2, 0.25) is 35.2 Å². The number of aryl methyl sites for hydroxylation is 2. The van der Waals surface area contributed by atoms with E-state index in [1.165, 1.54) is 36.4 Å². The highest BCUT2D eigenvalue weighted by atomic mass is 19.1. The molecule has 71 heavy (non-hydrogen) atoms. The van der Waals surface area contributed by atoms with Crippen LogP contribution in [0.25, 0.3) is 45.7 Å². The molecule has 4 N–H and O–H groups in total. The Morgan fingerprint density at radius 3 is 1.51 bits per heavy atom. The molecule has 10 rings (SSSR count). The van der Waals surface area contributed by atoms with Gasteiger partial charge in [0.05, 0.1) is 17.0 Å². The van der Waals surface area contributed by atoms with Gasteiger partial charge >= 0.3 is 5.97 Å². The minimum atomic E-state index is -0.975. The fraction of sp³-hybridized carbons (Fsp3) is 0.308. The lowest BCUT2D eigenvalue weighted by molar-refractivity contribution is 0.0696. The highest BCUT2D eigenvalue weighted by Crippen LogP contribution is 2.37. The lowest BCUT2D eigenvalue weighted by Gasteiger charge is -2.39. The van der Waals surface area contributed by atoms with Gasteiger partial charge in [-0.2, -0.15) is 9.97 Å². The molecule has 4 aromatic heterocycles. The van der Waals surface area contributed by atoms with Crippen LogP contribution in [0.15, 0.2) is 127 Å². The molecule has 17 nitrogen and oxygen atoms in total. The van der Waals surface area contributed by atoms with Crippen LogP contribution in [-0.2, 0) is 10.8 Å². The van der Waals surface area contributed by atoms with Gasteiger partial charge in [0.1, 0.15) is 24.2 Å². The smallest absolute Gasteiger partial charge is 0.335 e. The number of carboxylic acid groups (broad SMARTS) is 1. The summed E-state index contributed by atoms with van der Waals surface area (Å²) in [7, 11) is 4.20. The number of nitrogens with zero attached hydrogens (tertiary/aromatic N) is 8. The summed E-state index contributed by atoms with van der Waals surface area (Å²) in [5.74, 6) is 0.981. The van der Waals surface area contributed by atoms with Crippen LogP contribution in [0.2, 0.25) is 0 Å². The van der Waals surface area contributed by atoms with Crippen molar-refractivity contribution in [2.75, 3.05) is 53.4 Å². The van der Waals surface area contributed by atoms with E-state index in [0.29, 0.717) is 70.6 Å². The molecule has 0 aliphatic carbocycles. The van der Waals surface area contributed by atoms with Crippen LogP contribution in [0.1, 0.15) is 69.6 Å². The van der Waals surface area contributed by atoms with Gasteiger partial charge in [-0.1, -0.05) is 34.6 Å². The van der Waals surface area contributed by atoms with Gasteiger partial charge in [-0.05, 0) is 139 Å². The monoisotopic (exact) mass is 968 g/mol. The van der Waals surface area contributed by atoms with Crippen molar-refractivity contribution in [1.29, 1.82) is 0 Å².